The predicted octanol–water partition coefficient (Wildman–Crippen LogP) is 16.4. The van der Waals surface area contributed by atoms with Gasteiger partial charge in [0, 0.05) is 12.8 Å². The number of quaternary nitrogens is 1. The molecule has 1 N–H and O–H groups in total. The molecule has 67 heavy (non-hydrogen) atoms. The van der Waals surface area contributed by atoms with E-state index in [4.69, 9.17) is 13.8 Å². The number of unbranched alkanes of at least 4 members (excludes halogenated alkanes) is 34. The molecule has 9 nitrogen and oxygen atoms in total. The first-order chi connectivity index (χ1) is 32.4. The summed E-state index contributed by atoms with van der Waals surface area (Å²) >= 11 is 0. The van der Waals surface area contributed by atoms with Gasteiger partial charge in [-0.2, -0.15) is 0 Å². The number of nitrogens with one attached hydrogen (secondary N) is 1. The Hall–Kier alpha value is -1.51. The van der Waals surface area contributed by atoms with Gasteiger partial charge in [-0.3, -0.25) is 14.2 Å². The molecular formula is C57H111N2O7P. The number of phosphoric acid groups is 1. The Morgan fingerprint density at radius 3 is 1.27 bits per heavy atom. The zero-order valence-electron chi connectivity index (χ0n) is 45.1. The molecule has 0 saturated heterocycles. The highest BCUT2D eigenvalue weighted by Crippen LogP contribution is 2.38. The summed E-state index contributed by atoms with van der Waals surface area (Å²) in [6.45, 7) is 6.85. The number of phosphoric ester groups is 1. The van der Waals surface area contributed by atoms with Crippen LogP contribution in [0.2, 0.25) is 0 Å². The van der Waals surface area contributed by atoms with Crippen LogP contribution in [0.3, 0.4) is 0 Å². The Morgan fingerprint density at radius 2 is 0.866 bits per heavy atom. The van der Waals surface area contributed by atoms with Crippen LogP contribution < -0.4 is 10.2 Å². The maximum atomic E-state index is 13.5. The van der Waals surface area contributed by atoms with Crippen molar-refractivity contribution in [2.45, 2.75) is 290 Å². The number of carbonyl (C=O) groups excluding carboxylic acids is 2. The van der Waals surface area contributed by atoms with Gasteiger partial charge in [-0.25, -0.2) is 0 Å². The molecule has 0 aromatic carbocycles. The lowest BCUT2D eigenvalue weighted by Crippen LogP contribution is -2.47. The Balaban J connectivity index is 5.34. The highest BCUT2D eigenvalue weighted by Gasteiger charge is 2.27. The van der Waals surface area contributed by atoms with E-state index in [0.29, 0.717) is 17.4 Å². The predicted molar refractivity (Wildman–Crippen MR) is 284 cm³/mol. The molecular weight excluding hydrogens is 856 g/mol. The zero-order chi connectivity index (χ0) is 49.4. The number of allylic oxidation sites excluding steroid dienone is 3. The summed E-state index contributed by atoms with van der Waals surface area (Å²) in [4.78, 5) is 39.8. The van der Waals surface area contributed by atoms with Crippen LogP contribution in [0.4, 0.5) is 0 Å². The summed E-state index contributed by atoms with van der Waals surface area (Å²) in [5, 5.41) is 3.02. The van der Waals surface area contributed by atoms with Gasteiger partial charge in [-0.05, 0) is 57.4 Å². The lowest BCUT2D eigenvalue weighted by molar-refractivity contribution is -0.870. The molecule has 0 bridgehead atoms. The number of nitrogens with zero attached hydrogens (tertiary/aromatic N) is 1. The first kappa shape index (κ1) is 65.5. The van der Waals surface area contributed by atoms with Crippen molar-refractivity contribution in [1.29, 1.82) is 0 Å². The number of amides is 1. The van der Waals surface area contributed by atoms with Crippen molar-refractivity contribution in [3.8, 4) is 0 Å². The van der Waals surface area contributed by atoms with Gasteiger partial charge < -0.3 is 28.5 Å². The van der Waals surface area contributed by atoms with E-state index in [1.54, 1.807) is 0 Å². The minimum atomic E-state index is -4.69. The third kappa shape index (κ3) is 49.3. The standard InChI is InChI=1S/C57H111N2O7P/c1-7-10-13-16-19-22-25-28-29-30-32-34-37-40-43-46-49-56(60)58-54(53-65-67(62,63)64-52-51-59(4,5)6)55(48-45-42-39-36-33-27-24-21-18-15-12-9-3)66-57(61)50-47-44-41-38-35-31-26-23-20-17-14-11-8-2/h29-30,45,48,54-55H,7-28,31-44,46-47,49-53H2,1-6H3,(H-,58,60,62,63)/b30-29+,48-45+. The van der Waals surface area contributed by atoms with Crippen molar-refractivity contribution < 1.29 is 37.3 Å². The summed E-state index contributed by atoms with van der Waals surface area (Å²) in [6, 6.07) is -0.885. The molecule has 0 aliphatic heterocycles. The van der Waals surface area contributed by atoms with Crippen molar-refractivity contribution >= 4 is 19.7 Å². The number of carbonyl (C=O) groups is 2. The second-order valence-corrected chi connectivity index (χ2v) is 22.2. The first-order valence-electron chi connectivity index (χ1n) is 28.6. The van der Waals surface area contributed by atoms with Gasteiger partial charge in [-0.1, -0.05) is 232 Å². The van der Waals surface area contributed by atoms with E-state index in [2.05, 4.69) is 38.2 Å². The Kier molecular flexibility index (Phi) is 47.0. The van der Waals surface area contributed by atoms with Crippen LogP contribution in [-0.4, -0.2) is 69.4 Å². The van der Waals surface area contributed by atoms with Crippen LogP contribution in [0.25, 0.3) is 0 Å². The van der Waals surface area contributed by atoms with Crippen LogP contribution in [-0.2, 0) is 27.9 Å². The maximum absolute atomic E-state index is 13.5. The average Bonchev–Trinajstić information content (AvgIpc) is 3.28. The van der Waals surface area contributed by atoms with E-state index in [-0.39, 0.29) is 31.5 Å². The van der Waals surface area contributed by atoms with Crippen LogP contribution >= 0.6 is 7.82 Å². The fourth-order valence-corrected chi connectivity index (χ4v) is 9.12. The van der Waals surface area contributed by atoms with E-state index in [9.17, 15) is 19.0 Å². The number of esters is 1. The fourth-order valence-electron chi connectivity index (χ4n) is 8.40. The van der Waals surface area contributed by atoms with Crippen LogP contribution in [0.5, 0.6) is 0 Å². The summed E-state index contributed by atoms with van der Waals surface area (Å²) in [7, 11) is 1.19. The van der Waals surface area contributed by atoms with Gasteiger partial charge in [0.05, 0.1) is 33.8 Å². The van der Waals surface area contributed by atoms with Crippen LogP contribution in [0.1, 0.15) is 278 Å². The van der Waals surface area contributed by atoms with Gasteiger partial charge in [0.15, 0.2) is 0 Å². The molecule has 0 aromatic heterocycles. The van der Waals surface area contributed by atoms with Crippen molar-refractivity contribution in [2.24, 2.45) is 0 Å². The Morgan fingerprint density at radius 1 is 0.507 bits per heavy atom. The van der Waals surface area contributed by atoms with Gasteiger partial charge in [0.1, 0.15) is 19.3 Å². The second-order valence-electron chi connectivity index (χ2n) is 20.8. The Bertz CT molecular complexity index is 1210. The molecule has 10 heteroatoms. The quantitative estimate of drug-likeness (QED) is 0.0212. The van der Waals surface area contributed by atoms with E-state index < -0.39 is 20.0 Å². The van der Waals surface area contributed by atoms with Crippen LogP contribution in [0, 0.1) is 0 Å². The molecule has 0 aromatic rings. The highest BCUT2D eigenvalue weighted by molar-refractivity contribution is 7.45. The molecule has 0 heterocycles. The third-order valence-electron chi connectivity index (χ3n) is 12.9. The smallest absolute Gasteiger partial charge is 0.306 e. The SMILES string of the molecule is CCCCCCCCC/C=C/CCCCCCCC(=O)NC(COP(=O)([O-])OCC[N+](C)(C)C)C(/C=C/CCCCCCCCCCCC)OC(=O)CCCCCCCCCCCCCCC. The molecule has 0 rings (SSSR count). The molecule has 0 aliphatic carbocycles. The monoisotopic (exact) mass is 967 g/mol. The summed E-state index contributed by atoms with van der Waals surface area (Å²) in [5.41, 5.74) is 0. The summed E-state index contributed by atoms with van der Waals surface area (Å²) < 4.78 is 30.2. The lowest BCUT2D eigenvalue weighted by Gasteiger charge is -2.30. The second kappa shape index (κ2) is 48.1. The lowest BCUT2D eigenvalue weighted by atomic mass is 10.0. The number of likely N-dealkylation sites (N-methyl/N-ethyl adjacent to an activating group) is 1. The molecule has 3 unspecified atom stereocenters. The molecule has 0 fully saturated rings. The highest BCUT2D eigenvalue weighted by atomic mass is 31.2. The molecule has 0 spiro atoms. The van der Waals surface area contributed by atoms with E-state index in [1.807, 2.05) is 33.3 Å². The molecule has 0 aliphatic rings. The molecule has 1 amide bonds. The number of hydrogen-bond donors (Lipinski definition) is 1. The normalized spacial score (nSPS) is 14.0. The maximum Gasteiger partial charge on any atom is 0.306 e. The van der Waals surface area contributed by atoms with E-state index >= 15 is 0 Å². The molecule has 396 valence electrons. The van der Waals surface area contributed by atoms with Gasteiger partial charge >= 0.3 is 5.97 Å². The largest absolute Gasteiger partial charge is 0.756 e. The van der Waals surface area contributed by atoms with Crippen molar-refractivity contribution in [3.63, 3.8) is 0 Å². The summed E-state index contributed by atoms with van der Waals surface area (Å²) in [6.07, 6.45) is 54.2. The molecule has 3 atom stereocenters. The fraction of sp³-hybridized carbons (Fsp3) is 0.895. The van der Waals surface area contributed by atoms with Gasteiger partial charge in [0.2, 0.25) is 5.91 Å². The number of rotatable bonds is 52. The Labute approximate surface area is 415 Å². The van der Waals surface area contributed by atoms with Gasteiger partial charge in [0.25, 0.3) is 7.82 Å². The minimum absolute atomic E-state index is 0.0207. The third-order valence-corrected chi connectivity index (χ3v) is 13.8. The van der Waals surface area contributed by atoms with Crippen LogP contribution in [0.15, 0.2) is 24.3 Å². The molecule has 0 radical (unpaired) electrons. The van der Waals surface area contributed by atoms with Gasteiger partial charge in [-0.15, -0.1) is 0 Å². The number of ether oxygens (including phenoxy) is 1. The van der Waals surface area contributed by atoms with E-state index in [1.165, 1.54) is 167 Å². The molecule has 0 saturated carbocycles. The van der Waals surface area contributed by atoms with Crippen molar-refractivity contribution in [1.82, 2.24) is 5.32 Å². The first-order valence-corrected chi connectivity index (χ1v) is 30.1. The zero-order valence-corrected chi connectivity index (χ0v) is 46.0. The topological polar surface area (TPSA) is 114 Å². The number of hydrogen-bond acceptors (Lipinski definition) is 7. The minimum Gasteiger partial charge on any atom is -0.756 e. The summed E-state index contributed by atoms with van der Waals surface area (Å²) in [5.74, 6) is -0.540. The van der Waals surface area contributed by atoms with Crippen molar-refractivity contribution in [2.75, 3.05) is 40.9 Å². The average molecular weight is 967 g/mol. The van der Waals surface area contributed by atoms with Crippen molar-refractivity contribution in [3.05, 3.63) is 24.3 Å². The van der Waals surface area contributed by atoms with E-state index in [0.717, 1.165) is 77.0 Å².